The van der Waals surface area contributed by atoms with Crippen molar-refractivity contribution in [2.75, 3.05) is 19.6 Å². The lowest BCUT2D eigenvalue weighted by atomic mass is 9.90. The molecule has 7 heteroatoms. The third kappa shape index (κ3) is 3.86. The lowest BCUT2D eigenvalue weighted by Crippen LogP contribution is -2.31. The second kappa shape index (κ2) is 7.40. The normalized spacial score (nSPS) is 20.7. The Hall–Kier alpha value is -1.50. The molecule has 2 N–H and O–H groups in total. The Bertz CT molecular complexity index is 762. The van der Waals surface area contributed by atoms with Crippen LogP contribution in [0.3, 0.4) is 0 Å². The maximum atomic E-state index is 14.1. The standard InChI is InChI=1S/C18H24F2N4.ClH/c1-12-15(9-23-7-6-18(3,10-21)11-23)13(2)24(22-12)17-5-4-14(19)8-16(17)20;/h4-5,8H,6-7,9-11,21H2,1-3H3;1H. The van der Waals surface area contributed by atoms with Gasteiger partial charge in [0, 0.05) is 30.4 Å². The van der Waals surface area contributed by atoms with Crippen molar-refractivity contribution in [3.05, 3.63) is 46.8 Å². The molecule has 0 saturated carbocycles. The highest BCUT2D eigenvalue weighted by Gasteiger charge is 2.33. The first-order valence-corrected chi connectivity index (χ1v) is 8.26. The van der Waals surface area contributed by atoms with Gasteiger partial charge < -0.3 is 5.73 Å². The van der Waals surface area contributed by atoms with E-state index in [0.717, 1.165) is 49.1 Å². The second-order valence-corrected chi connectivity index (χ2v) is 7.13. The molecule has 138 valence electrons. The zero-order valence-corrected chi connectivity index (χ0v) is 15.7. The first kappa shape index (κ1) is 19.8. The number of aromatic nitrogens is 2. The molecule has 0 spiro atoms. The van der Waals surface area contributed by atoms with E-state index < -0.39 is 11.6 Å². The van der Waals surface area contributed by atoms with Gasteiger partial charge in [0.2, 0.25) is 0 Å². The molecule has 0 amide bonds. The minimum absolute atomic E-state index is 0. The average molecular weight is 371 g/mol. The summed E-state index contributed by atoms with van der Waals surface area (Å²) in [6.07, 6.45) is 1.09. The van der Waals surface area contributed by atoms with Crippen molar-refractivity contribution in [2.24, 2.45) is 11.1 Å². The molecule has 1 aliphatic rings. The molecule has 3 rings (SSSR count). The Kier molecular flexibility index (Phi) is 5.86. The van der Waals surface area contributed by atoms with Gasteiger partial charge in [-0.1, -0.05) is 6.92 Å². The van der Waals surface area contributed by atoms with E-state index in [2.05, 4.69) is 16.9 Å². The summed E-state index contributed by atoms with van der Waals surface area (Å²) in [6, 6.07) is 3.57. The minimum Gasteiger partial charge on any atom is -0.330 e. The van der Waals surface area contributed by atoms with Gasteiger partial charge in [0.05, 0.1) is 5.69 Å². The Morgan fingerprint density at radius 3 is 2.60 bits per heavy atom. The SMILES string of the molecule is Cc1nn(-c2ccc(F)cc2F)c(C)c1CN1CCC(C)(CN)C1.Cl. The molecule has 1 unspecified atom stereocenters. The number of nitrogens with two attached hydrogens (primary N) is 1. The summed E-state index contributed by atoms with van der Waals surface area (Å²) in [5, 5.41) is 4.47. The summed E-state index contributed by atoms with van der Waals surface area (Å²) in [6.45, 7) is 9.48. The van der Waals surface area contributed by atoms with Crippen molar-refractivity contribution in [2.45, 2.75) is 33.7 Å². The van der Waals surface area contributed by atoms with Crippen LogP contribution in [0.4, 0.5) is 8.78 Å². The van der Waals surface area contributed by atoms with E-state index >= 15 is 0 Å². The lowest BCUT2D eigenvalue weighted by Gasteiger charge is -2.22. The van der Waals surface area contributed by atoms with Gasteiger partial charge in [-0.15, -0.1) is 12.4 Å². The monoisotopic (exact) mass is 370 g/mol. The topological polar surface area (TPSA) is 47.1 Å². The highest BCUT2D eigenvalue weighted by atomic mass is 35.5. The molecule has 1 aromatic heterocycles. The molecule has 0 radical (unpaired) electrons. The van der Waals surface area contributed by atoms with Gasteiger partial charge in [-0.05, 0) is 50.9 Å². The van der Waals surface area contributed by atoms with Crippen LogP contribution in [-0.2, 0) is 6.54 Å². The molecule has 1 fully saturated rings. The molecule has 1 saturated heterocycles. The predicted octanol–water partition coefficient (Wildman–Crippen LogP) is 3.36. The van der Waals surface area contributed by atoms with Crippen LogP contribution in [-0.4, -0.2) is 34.3 Å². The van der Waals surface area contributed by atoms with Crippen LogP contribution in [0.2, 0.25) is 0 Å². The van der Waals surface area contributed by atoms with Gasteiger partial charge >= 0.3 is 0 Å². The number of benzene rings is 1. The van der Waals surface area contributed by atoms with Crippen molar-refractivity contribution in [1.82, 2.24) is 14.7 Å². The number of rotatable bonds is 4. The van der Waals surface area contributed by atoms with Gasteiger partial charge in [0.25, 0.3) is 0 Å². The molecule has 2 heterocycles. The second-order valence-electron chi connectivity index (χ2n) is 7.13. The summed E-state index contributed by atoms with van der Waals surface area (Å²) in [4.78, 5) is 2.37. The molecule has 4 nitrogen and oxygen atoms in total. The fourth-order valence-electron chi connectivity index (χ4n) is 3.44. The summed E-state index contributed by atoms with van der Waals surface area (Å²) >= 11 is 0. The smallest absolute Gasteiger partial charge is 0.151 e. The third-order valence-corrected chi connectivity index (χ3v) is 5.09. The van der Waals surface area contributed by atoms with Crippen LogP contribution in [0.15, 0.2) is 18.2 Å². The maximum absolute atomic E-state index is 14.1. The summed E-state index contributed by atoms with van der Waals surface area (Å²) in [5.41, 5.74) is 9.18. The van der Waals surface area contributed by atoms with Crippen molar-refractivity contribution in [1.29, 1.82) is 0 Å². The van der Waals surface area contributed by atoms with Crippen LogP contribution in [0.1, 0.15) is 30.3 Å². The van der Waals surface area contributed by atoms with E-state index in [-0.39, 0.29) is 23.5 Å². The van der Waals surface area contributed by atoms with E-state index in [1.54, 1.807) is 4.68 Å². The summed E-state index contributed by atoms with van der Waals surface area (Å²) in [5.74, 6) is -1.19. The zero-order valence-electron chi connectivity index (χ0n) is 14.9. The molecule has 2 aromatic rings. The molecule has 0 aliphatic carbocycles. The largest absolute Gasteiger partial charge is 0.330 e. The number of aryl methyl sites for hydroxylation is 1. The van der Waals surface area contributed by atoms with E-state index in [1.807, 2.05) is 13.8 Å². The summed E-state index contributed by atoms with van der Waals surface area (Å²) in [7, 11) is 0. The van der Waals surface area contributed by atoms with Crippen LogP contribution in [0.25, 0.3) is 5.69 Å². The number of likely N-dealkylation sites (tertiary alicyclic amines) is 1. The molecule has 0 bridgehead atoms. The predicted molar refractivity (Wildman–Crippen MR) is 97.3 cm³/mol. The lowest BCUT2D eigenvalue weighted by molar-refractivity contribution is 0.273. The van der Waals surface area contributed by atoms with Gasteiger partial charge in [0.1, 0.15) is 11.5 Å². The van der Waals surface area contributed by atoms with E-state index in [1.165, 1.54) is 12.1 Å². The Morgan fingerprint density at radius 2 is 2.00 bits per heavy atom. The number of hydrogen-bond acceptors (Lipinski definition) is 3. The van der Waals surface area contributed by atoms with Crippen molar-refractivity contribution in [3.8, 4) is 5.69 Å². The highest BCUT2D eigenvalue weighted by Crippen LogP contribution is 2.31. The molecular weight excluding hydrogens is 346 g/mol. The van der Waals surface area contributed by atoms with E-state index in [0.29, 0.717) is 6.54 Å². The van der Waals surface area contributed by atoms with Crippen LogP contribution < -0.4 is 5.73 Å². The van der Waals surface area contributed by atoms with Crippen LogP contribution >= 0.6 is 12.4 Å². The Labute approximate surface area is 153 Å². The first-order valence-electron chi connectivity index (χ1n) is 8.26. The van der Waals surface area contributed by atoms with Gasteiger partial charge in [-0.2, -0.15) is 5.10 Å². The molecular formula is C18H25ClF2N4. The van der Waals surface area contributed by atoms with E-state index in [9.17, 15) is 8.78 Å². The van der Waals surface area contributed by atoms with E-state index in [4.69, 9.17) is 5.73 Å². The quantitative estimate of drug-likeness (QED) is 0.897. The highest BCUT2D eigenvalue weighted by molar-refractivity contribution is 5.85. The van der Waals surface area contributed by atoms with Crippen LogP contribution in [0.5, 0.6) is 0 Å². The van der Waals surface area contributed by atoms with Crippen molar-refractivity contribution >= 4 is 12.4 Å². The number of nitrogens with zero attached hydrogens (tertiary/aromatic N) is 3. The molecule has 1 aromatic carbocycles. The Morgan fingerprint density at radius 1 is 1.28 bits per heavy atom. The fraction of sp³-hybridized carbons (Fsp3) is 0.500. The average Bonchev–Trinajstić information content (AvgIpc) is 3.04. The van der Waals surface area contributed by atoms with Gasteiger partial charge in [-0.25, -0.2) is 13.5 Å². The molecule has 1 atom stereocenters. The van der Waals surface area contributed by atoms with Crippen LogP contribution in [0, 0.1) is 30.9 Å². The van der Waals surface area contributed by atoms with Gasteiger partial charge in [0.15, 0.2) is 5.82 Å². The molecule has 25 heavy (non-hydrogen) atoms. The van der Waals surface area contributed by atoms with Gasteiger partial charge in [-0.3, -0.25) is 4.90 Å². The minimum atomic E-state index is -0.607. The third-order valence-electron chi connectivity index (χ3n) is 5.09. The Balaban J connectivity index is 0.00000225. The number of hydrogen-bond donors (Lipinski definition) is 1. The molecule has 1 aliphatic heterocycles. The fourth-order valence-corrected chi connectivity index (χ4v) is 3.44. The first-order chi connectivity index (χ1) is 11.3. The summed E-state index contributed by atoms with van der Waals surface area (Å²) < 4.78 is 28.8. The number of halogens is 3. The maximum Gasteiger partial charge on any atom is 0.151 e. The van der Waals surface area contributed by atoms with Crippen molar-refractivity contribution < 1.29 is 8.78 Å². The zero-order chi connectivity index (χ0) is 17.5. The van der Waals surface area contributed by atoms with Crippen molar-refractivity contribution in [3.63, 3.8) is 0 Å².